The van der Waals surface area contributed by atoms with Crippen LogP contribution in [0, 0.1) is 13.8 Å². The van der Waals surface area contributed by atoms with E-state index < -0.39 is 6.10 Å². The maximum absolute atomic E-state index is 12.3. The minimum Gasteiger partial charge on any atom is -0.480 e. The van der Waals surface area contributed by atoms with Crippen molar-refractivity contribution in [1.82, 2.24) is 15.3 Å². The first-order valence-electron chi connectivity index (χ1n) is 8.54. The van der Waals surface area contributed by atoms with Gasteiger partial charge in [0.2, 0.25) is 0 Å². The number of ether oxygens (including phenoxy) is 1. The second-order valence-electron chi connectivity index (χ2n) is 6.44. The molecule has 1 aromatic carbocycles. The number of carbonyl (C=O) groups excluding carboxylic acids is 1. The van der Waals surface area contributed by atoms with E-state index in [0.717, 1.165) is 26.6 Å². The van der Waals surface area contributed by atoms with Crippen molar-refractivity contribution in [1.29, 1.82) is 0 Å². The van der Waals surface area contributed by atoms with Gasteiger partial charge in [0.15, 0.2) is 6.10 Å². The molecule has 1 unspecified atom stereocenters. The Bertz CT molecular complexity index is 1030. The van der Waals surface area contributed by atoms with Crippen LogP contribution in [0.5, 0.6) is 5.75 Å². The fraction of sp³-hybridized carbons (Fsp3) is 0.316. The second-order valence-corrected chi connectivity index (χ2v) is 7.64. The highest BCUT2D eigenvalue weighted by Crippen LogP contribution is 2.28. The average Bonchev–Trinajstić information content (AvgIpc) is 3.16. The standard InChI is InChI=1S/C19H19N3O3S/c1-10-11(2)26-19-16(10)18(24)21-15(22-19)7-8-20-17(23)14-9-12-5-3-4-6-13(12)25-14/h3-6,14H,7-9H2,1-2H3,(H,20,23)(H,21,22,24). The van der Waals surface area contributed by atoms with Crippen LogP contribution in [0.2, 0.25) is 0 Å². The molecule has 0 saturated heterocycles. The summed E-state index contributed by atoms with van der Waals surface area (Å²) < 4.78 is 5.68. The Morgan fingerprint density at radius 2 is 2.19 bits per heavy atom. The monoisotopic (exact) mass is 369 g/mol. The van der Waals surface area contributed by atoms with E-state index in [0.29, 0.717) is 30.6 Å². The molecular formula is C19H19N3O3S. The molecule has 0 saturated carbocycles. The molecular weight excluding hydrogens is 350 g/mol. The van der Waals surface area contributed by atoms with Crippen molar-refractivity contribution >= 4 is 27.5 Å². The number of fused-ring (bicyclic) bond motifs is 2. The summed E-state index contributed by atoms with van der Waals surface area (Å²) in [6.45, 7) is 4.32. The molecule has 134 valence electrons. The zero-order valence-corrected chi connectivity index (χ0v) is 15.4. The lowest BCUT2D eigenvalue weighted by molar-refractivity contribution is -0.127. The maximum atomic E-state index is 12.3. The lowest BCUT2D eigenvalue weighted by atomic mass is 10.1. The summed E-state index contributed by atoms with van der Waals surface area (Å²) in [5, 5.41) is 3.53. The minimum atomic E-state index is -0.496. The molecule has 4 rings (SSSR count). The van der Waals surface area contributed by atoms with Gasteiger partial charge in [-0.05, 0) is 31.0 Å². The van der Waals surface area contributed by atoms with Gasteiger partial charge in [-0.15, -0.1) is 11.3 Å². The highest BCUT2D eigenvalue weighted by atomic mass is 32.1. The van der Waals surface area contributed by atoms with Crippen molar-refractivity contribution in [2.24, 2.45) is 0 Å². The first-order valence-corrected chi connectivity index (χ1v) is 9.35. The van der Waals surface area contributed by atoms with Crippen LogP contribution in [0.3, 0.4) is 0 Å². The largest absolute Gasteiger partial charge is 0.480 e. The topological polar surface area (TPSA) is 84.1 Å². The number of hydrogen-bond acceptors (Lipinski definition) is 5. The highest BCUT2D eigenvalue weighted by molar-refractivity contribution is 7.18. The van der Waals surface area contributed by atoms with Crippen molar-refractivity contribution in [2.75, 3.05) is 6.54 Å². The van der Waals surface area contributed by atoms with Crippen LogP contribution in [-0.4, -0.2) is 28.5 Å². The van der Waals surface area contributed by atoms with Gasteiger partial charge >= 0.3 is 0 Å². The zero-order chi connectivity index (χ0) is 18.3. The Morgan fingerprint density at radius 1 is 1.38 bits per heavy atom. The molecule has 1 amide bonds. The van der Waals surface area contributed by atoms with Gasteiger partial charge in [0.1, 0.15) is 16.4 Å². The van der Waals surface area contributed by atoms with Gasteiger partial charge in [-0.2, -0.15) is 0 Å². The Labute approximate surface area is 154 Å². The van der Waals surface area contributed by atoms with Crippen LogP contribution in [0.15, 0.2) is 29.1 Å². The summed E-state index contributed by atoms with van der Waals surface area (Å²) in [4.78, 5) is 33.8. The van der Waals surface area contributed by atoms with Gasteiger partial charge in [-0.3, -0.25) is 9.59 Å². The van der Waals surface area contributed by atoms with E-state index in [9.17, 15) is 9.59 Å². The summed E-state index contributed by atoms with van der Waals surface area (Å²) >= 11 is 1.52. The van der Waals surface area contributed by atoms with E-state index in [1.807, 2.05) is 38.1 Å². The van der Waals surface area contributed by atoms with E-state index in [1.165, 1.54) is 11.3 Å². The predicted molar refractivity (Wildman–Crippen MR) is 101 cm³/mol. The lowest BCUT2D eigenvalue weighted by Crippen LogP contribution is -2.38. The molecule has 0 fully saturated rings. The molecule has 0 aliphatic carbocycles. The molecule has 0 radical (unpaired) electrons. The van der Waals surface area contributed by atoms with E-state index >= 15 is 0 Å². The van der Waals surface area contributed by atoms with E-state index in [1.54, 1.807) is 0 Å². The van der Waals surface area contributed by atoms with Crippen molar-refractivity contribution in [3.63, 3.8) is 0 Å². The molecule has 1 aliphatic rings. The third-order valence-corrected chi connectivity index (χ3v) is 5.79. The third-order valence-electron chi connectivity index (χ3n) is 4.69. The molecule has 0 bridgehead atoms. The summed E-state index contributed by atoms with van der Waals surface area (Å²) in [5.41, 5.74) is 1.91. The smallest absolute Gasteiger partial charge is 0.261 e. The Hall–Kier alpha value is -2.67. The Balaban J connectivity index is 1.39. The van der Waals surface area contributed by atoms with Gasteiger partial charge in [0.25, 0.3) is 11.5 Å². The summed E-state index contributed by atoms with van der Waals surface area (Å²) in [5.74, 6) is 1.21. The highest BCUT2D eigenvalue weighted by Gasteiger charge is 2.28. The molecule has 2 N–H and O–H groups in total. The minimum absolute atomic E-state index is 0.118. The number of H-pyrrole nitrogens is 1. The quantitative estimate of drug-likeness (QED) is 0.739. The van der Waals surface area contributed by atoms with Gasteiger partial charge in [0.05, 0.1) is 5.39 Å². The maximum Gasteiger partial charge on any atom is 0.261 e. The molecule has 26 heavy (non-hydrogen) atoms. The summed E-state index contributed by atoms with van der Waals surface area (Å²) in [6.07, 6.45) is 0.549. The zero-order valence-electron chi connectivity index (χ0n) is 14.6. The number of aromatic amines is 1. The van der Waals surface area contributed by atoms with Crippen LogP contribution in [0.1, 0.15) is 21.8 Å². The molecule has 3 heterocycles. The van der Waals surface area contributed by atoms with Gasteiger partial charge in [-0.1, -0.05) is 18.2 Å². The number of aromatic nitrogens is 2. The van der Waals surface area contributed by atoms with Crippen LogP contribution >= 0.6 is 11.3 Å². The SMILES string of the molecule is Cc1sc2nc(CCNC(=O)C3Cc4ccccc4O3)[nH]c(=O)c2c1C. The lowest BCUT2D eigenvalue weighted by Gasteiger charge is -2.11. The summed E-state index contributed by atoms with van der Waals surface area (Å²) in [6, 6.07) is 7.68. The first kappa shape index (κ1) is 16.8. The number of carbonyl (C=O) groups is 1. The van der Waals surface area contributed by atoms with Crippen molar-refractivity contribution in [2.45, 2.75) is 32.8 Å². The first-order chi connectivity index (χ1) is 12.5. The molecule has 3 aromatic rings. The number of nitrogens with zero attached hydrogens (tertiary/aromatic N) is 1. The Morgan fingerprint density at radius 3 is 3.00 bits per heavy atom. The van der Waals surface area contributed by atoms with E-state index in [2.05, 4.69) is 15.3 Å². The fourth-order valence-electron chi connectivity index (χ4n) is 3.16. The van der Waals surface area contributed by atoms with Crippen molar-refractivity contribution in [3.05, 3.63) is 56.4 Å². The molecule has 0 spiro atoms. The van der Waals surface area contributed by atoms with Crippen LogP contribution < -0.4 is 15.6 Å². The van der Waals surface area contributed by atoms with Crippen LogP contribution in [0.4, 0.5) is 0 Å². The molecule has 6 nitrogen and oxygen atoms in total. The molecule has 2 aromatic heterocycles. The van der Waals surface area contributed by atoms with Gasteiger partial charge in [0, 0.05) is 24.3 Å². The third kappa shape index (κ3) is 2.99. The van der Waals surface area contributed by atoms with Crippen molar-refractivity contribution in [3.8, 4) is 5.75 Å². The second kappa shape index (κ2) is 6.57. The van der Waals surface area contributed by atoms with Gasteiger partial charge in [-0.25, -0.2) is 4.98 Å². The molecule has 1 atom stereocenters. The number of rotatable bonds is 4. The normalized spacial score (nSPS) is 15.7. The van der Waals surface area contributed by atoms with Crippen LogP contribution in [0.25, 0.3) is 10.2 Å². The number of benzene rings is 1. The van der Waals surface area contributed by atoms with Crippen LogP contribution in [-0.2, 0) is 17.6 Å². The molecule has 7 heteroatoms. The number of para-hydroxylation sites is 1. The summed E-state index contributed by atoms with van der Waals surface area (Å²) in [7, 11) is 0. The fourth-order valence-corrected chi connectivity index (χ4v) is 4.21. The average molecular weight is 369 g/mol. The number of nitrogens with one attached hydrogen (secondary N) is 2. The van der Waals surface area contributed by atoms with Gasteiger partial charge < -0.3 is 15.0 Å². The number of aryl methyl sites for hydroxylation is 2. The number of thiophene rings is 1. The number of hydrogen-bond donors (Lipinski definition) is 2. The molecule has 1 aliphatic heterocycles. The van der Waals surface area contributed by atoms with Crippen molar-refractivity contribution < 1.29 is 9.53 Å². The Kier molecular flexibility index (Phi) is 4.24. The number of amides is 1. The van der Waals surface area contributed by atoms with E-state index in [4.69, 9.17) is 4.74 Å². The predicted octanol–water partition coefficient (Wildman–Crippen LogP) is 2.26. The van der Waals surface area contributed by atoms with E-state index in [-0.39, 0.29) is 11.5 Å².